The highest BCUT2D eigenvalue weighted by Crippen LogP contribution is 2.16. The average molecular weight is 191 g/mol. The zero-order valence-electron chi connectivity index (χ0n) is 5.25. The summed E-state index contributed by atoms with van der Waals surface area (Å²) in [6.45, 7) is 0. The molecule has 0 fully saturated rings. The molecule has 0 aliphatic heterocycles. The molecule has 0 radical (unpaired) electrons. The second-order valence-corrected chi connectivity index (χ2v) is 3.66. The van der Waals surface area contributed by atoms with Gasteiger partial charge in [0.1, 0.15) is 0 Å². The molecule has 1 aromatic rings. The van der Waals surface area contributed by atoms with Crippen LogP contribution in [0.1, 0.15) is 5.56 Å². The Labute approximate surface area is 74.8 Å². The summed E-state index contributed by atoms with van der Waals surface area (Å²) in [6, 6.07) is 7.79. The van der Waals surface area contributed by atoms with Crippen LogP contribution in [0.15, 0.2) is 24.3 Å². The van der Waals surface area contributed by atoms with Gasteiger partial charge in [0.15, 0.2) is 0 Å². The Morgan fingerprint density at radius 1 is 1.30 bits per heavy atom. The van der Waals surface area contributed by atoms with Crippen molar-refractivity contribution in [1.82, 2.24) is 0 Å². The third kappa shape index (κ3) is 2.45. The van der Waals surface area contributed by atoms with Gasteiger partial charge in [0.25, 0.3) is 0 Å². The molecule has 0 aromatic heterocycles. The van der Waals surface area contributed by atoms with E-state index in [4.69, 9.17) is 11.6 Å². The summed E-state index contributed by atoms with van der Waals surface area (Å²) in [7, 11) is 1.51. The first-order chi connectivity index (χ1) is 4.83. The minimum Gasteiger partial charge on any atom is -0.111 e. The molecule has 0 saturated heterocycles. The monoisotopic (exact) mass is 190 g/mol. The van der Waals surface area contributed by atoms with Gasteiger partial charge in [-0.1, -0.05) is 34.5 Å². The van der Waals surface area contributed by atoms with Crippen molar-refractivity contribution in [2.45, 2.75) is 5.75 Å². The molecule has 0 heterocycles. The van der Waals surface area contributed by atoms with E-state index in [1.807, 2.05) is 24.3 Å². The molecule has 0 bridgehead atoms. The smallest absolute Gasteiger partial charge is 0.0406 e. The Balaban J connectivity index is 2.69. The first-order valence-electron chi connectivity index (χ1n) is 2.84. The van der Waals surface area contributed by atoms with E-state index >= 15 is 0 Å². The molecule has 3 heteroatoms. The maximum atomic E-state index is 5.69. The standard InChI is InChI=1S/C7H7ClS2/c8-7-3-1-6(2-4-7)5-10-9/h1-4,9H,5H2. The third-order valence-corrected chi connectivity index (χ3v) is 2.25. The van der Waals surface area contributed by atoms with Crippen LogP contribution in [0.4, 0.5) is 0 Å². The molecule has 54 valence electrons. The van der Waals surface area contributed by atoms with Crippen LogP contribution in [0.25, 0.3) is 0 Å². The van der Waals surface area contributed by atoms with Gasteiger partial charge in [0.05, 0.1) is 0 Å². The van der Waals surface area contributed by atoms with Gasteiger partial charge < -0.3 is 0 Å². The molecule has 0 amide bonds. The maximum absolute atomic E-state index is 5.69. The summed E-state index contributed by atoms with van der Waals surface area (Å²) in [5.41, 5.74) is 1.25. The zero-order valence-corrected chi connectivity index (χ0v) is 7.72. The van der Waals surface area contributed by atoms with Gasteiger partial charge in [-0.15, -0.1) is 11.7 Å². The lowest BCUT2D eigenvalue weighted by atomic mass is 10.2. The molecule has 0 saturated carbocycles. The van der Waals surface area contributed by atoms with Gasteiger partial charge in [0.2, 0.25) is 0 Å². The largest absolute Gasteiger partial charge is 0.111 e. The van der Waals surface area contributed by atoms with Crippen molar-refractivity contribution in [3.05, 3.63) is 34.9 Å². The minimum atomic E-state index is 0.785. The van der Waals surface area contributed by atoms with Crippen molar-refractivity contribution in [2.24, 2.45) is 0 Å². The predicted octanol–water partition coefficient (Wildman–Crippen LogP) is 3.42. The highest BCUT2D eigenvalue weighted by atomic mass is 35.5. The molecule has 0 unspecified atom stereocenters. The summed E-state index contributed by atoms with van der Waals surface area (Å²) in [5.74, 6) is 0.931. The second-order valence-electron chi connectivity index (χ2n) is 1.90. The van der Waals surface area contributed by atoms with Crippen LogP contribution in [-0.2, 0) is 5.75 Å². The van der Waals surface area contributed by atoms with Crippen LogP contribution in [0.3, 0.4) is 0 Å². The average Bonchev–Trinajstić information content (AvgIpc) is 1.95. The number of hydrogen-bond donors (Lipinski definition) is 1. The fourth-order valence-electron chi connectivity index (χ4n) is 0.655. The van der Waals surface area contributed by atoms with Gasteiger partial charge in [-0.25, -0.2) is 0 Å². The molecule has 0 N–H and O–H groups in total. The van der Waals surface area contributed by atoms with Crippen molar-refractivity contribution in [3.8, 4) is 0 Å². The van der Waals surface area contributed by atoms with Gasteiger partial charge in [0, 0.05) is 10.8 Å². The summed E-state index contributed by atoms with van der Waals surface area (Å²) < 4.78 is 0. The Hall–Kier alpha value is 0.210. The Bertz CT molecular complexity index is 195. The maximum Gasteiger partial charge on any atom is 0.0406 e. The Morgan fingerprint density at radius 3 is 2.40 bits per heavy atom. The summed E-state index contributed by atoms with van der Waals surface area (Å²) in [5, 5.41) is 0.785. The number of rotatable bonds is 2. The van der Waals surface area contributed by atoms with E-state index in [9.17, 15) is 0 Å². The molecular formula is C7H7ClS2. The highest BCUT2D eigenvalue weighted by molar-refractivity contribution is 8.68. The normalized spacial score (nSPS) is 9.80. The lowest BCUT2D eigenvalue weighted by molar-refractivity contribution is 1.43. The topological polar surface area (TPSA) is 0 Å². The van der Waals surface area contributed by atoms with E-state index in [-0.39, 0.29) is 0 Å². The molecular weight excluding hydrogens is 184 g/mol. The molecule has 1 aromatic carbocycles. The van der Waals surface area contributed by atoms with Gasteiger partial charge >= 0.3 is 0 Å². The van der Waals surface area contributed by atoms with Crippen LogP contribution in [0, 0.1) is 0 Å². The Morgan fingerprint density at radius 2 is 1.90 bits per heavy atom. The molecule has 0 atom stereocenters. The second kappa shape index (κ2) is 4.16. The molecule has 0 spiro atoms. The van der Waals surface area contributed by atoms with E-state index in [2.05, 4.69) is 11.7 Å². The number of thiol groups is 1. The van der Waals surface area contributed by atoms with Crippen molar-refractivity contribution >= 4 is 34.1 Å². The Kier molecular flexibility index (Phi) is 3.46. The van der Waals surface area contributed by atoms with Crippen molar-refractivity contribution in [2.75, 3.05) is 0 Å². The SMILES string of the molecule is SSCc1ccc(Cl)cc1. The van der Waals surface area contributed by atoms with Crippen LogP contribution in [0.5, 0.6) is 0 Å². The van der Waals surface area contributed by atoms with E-state index in [1.165, 1.54) is 16.4 Å². The van der Waals surface area contributed by atoms with Crippen molar-refractivity contribution in [3.63, 3.8) is 0 Å². The van der Waals surface area contributed by atoms with E-state index in [1.54, 1.807) is 0 Å². The van der Waals surface area contributed by atoms with E-state index in [0.29, 0.717) is 0 Å². The van der Waals surface area contributed by atoms with Crippen molar-refractivity contribution in [1.29, 1.82) is 0 Å². The molecule has 0 aliphatic carbocycles. The summed E-state index contributed by atoms with van der Waals surface area (Å²) in [6.07, 6.45) is 0. The zero-order chi connectivity index (χ0) is 7.40. The van der Waals surface area contributed by atoms with Gasteiger partial charge in [-0.2, -0.15) is 0 Å². The van der Waals surface area contributed by atoms with E-state index < -0.39 is 0 Å². The summed E-state index contributed by atoms with van der Waals surface area (Å²) in [4.78, 5) is 0. The van der Waals surface area contributed by atoms with Crippen LogP contribution >= 0.6 is 34.1 Å². The molecule has 0 nitrogen and oxygen atoms in total. The number of halogens is 1. The highest BCUT2D eigenvalue weighted by Gasteiger charge is 1.89. The van der Waals surface area contributed by atoms with Gasteiger partial charge in [-0.05, 0) is 17.7 Å². The number of benzene rings is 1. The number of hydrogen-bond acceptors (Lipinski definition) is 2. The molecule has 0 aliphatic rings. The van der Waals surface area contributed by atoms with E-state index in [0.717, 1.165) is 10.8 Å². The quantitative estimate of drug-likeness (QED) is 0.551. The van der Waals surface area contributed by atoms with Crippen LogP contribution in [-0.4, -0.2) is 0 Å². The molecule has 1 rings (SSSR count). The van der Waals surface area contributed by atoms with Gasteiger partial charge in [-0.3, -0.25) is 0 Å². The van der Waals surface area contributed by atoms with Crippen LogP contribution in [0.2, 0.25) is 5.02 Å². The lowest BCUT2D eigenvalue weighted by Gasteiger charge is -1.95. The lowest BCUT2D eigenvalue weighted by Crippen LogP contribution is -1.75. The summed E-state index contributed by atoms with van der Waals surface area (Å²) >= 11 is 9.73. The first kappa shape index (κ1) is 8.31. The van der Waals surface area contributed by atoms with Crippen molar-refractivity contribution < 1.29 is 0 Å². The predicted molar refractivity (Wildman–Crippen MR) is 51.7 cm³/mol. The first-order valence-corrected chi connectivity index (χ1v) is 5.25. The van der Waals surface area contributed by atoms with Crippen LogP contribution < -0.4 is 0 Å². The fraction of sp³-hybridized carbons (Fsp3) is 0.143. The molecule has 10 heavy (non-hydrogen) atoms. The third-order valence-electron chi connectivity index (χ3n) is 1.14. The minimum absolute atomic E-state index is 0.785. The fourth-order valence-corrected chi connectivity index (χ4v) is 1.57.